The molecule has 1 saturated heterocycles. The Balaban J connectivity index is 0.000000867. The summed E-state index contributed by atoms with van der Waals surface area (Å²) >= 11 is 0. The molecule has 0 bridgehead atoms. The van der Waals surface area contributed by atoms with E-state index in [1.165, 1.54) is 83.5 Å². The van der Waals surface area contributed by atoms with Gasteiger partial charge in [-0.25, -0.2) is 0 Å². The van der Waals surface area contributed by atoms with Crippen molar-refractivity contribution in [1.29, 1.82) is 0 Å². The monoisotopic (exact) mass is 371 g/mol. The first-order valence-electron chi connectivity index (χ1n) is 11.3. The summed E-state index contributed by atoms with van der Waals surface area (Å²) < 4.78 is 5.01. The van der Waals surface area contributed by atoms with Gasteiger partial charge in [-0.2, -0.15) is 0 Å². The normalized spacial score (nSPS) is 13.9. The third-order valence-electron chi connectivity index (χ3n) is 4.84. The number of aliphatic carboxylic acids is 1. The Kier molecular flexibility index (Phi) is 21.9. The molecule has 156 valence electrons. The van der Waals surface area contributed by atoms with Gasteiger partial charge in [0.25, 0.3) is 0 Å². The molecule has 26 heavy (non-hydrogen) atoms. The molecule has 4 nitrogen and oxygen atoms in total. The number of carbonyl (C=O) groups is 1. The van der Waals surface area contributed by atoms with Crippen LogP contribution in [0.2, 0.25) is 0 Å². The van der Waals surface area contributed by atoms with E-state index in [1.54, 1.807) is 0 Å². The highest BCUT2D eigenvalue weighted by Gasteiger charge is 1.97. The Labute approximate surface area is 162 Å². The van der Waals surface area contributed by atoms with Gasteiger partial charge in [-0.3, -0.25) is 4.79 Å². The van der Waals surface area contributed by atoms with Gasteiger partial charge < -0.3 is 15.2 Å². The van der Waals surface area contributed by atoms with Crippen molar-refractivity contribution in [3.8, 4) is 0 Å². The van der Waals surface area contributed by atoms with E-state index in [9.17, 15) is 4.79 Å². The van der Waals surface area contributed by atoms with E-state index in [4.69, 9.17) is 9.84 Å². The molecule has 0 radical (unpaired) electrons. The van der Waals surface area contributed by atoms with Crippen LogP contribution < -0.4 is 5.32 Å². The highest BCUT2D eigenvalue weighted by Crippen LogP contribution is 2.13. The van der Waals surface area contributed by atoms with Crippen LogP contribution in [0.25, 0.3) is 0 Å². The quantitative estimate of drug-likeness (QED) is 0.330. The van der Waals surface area contributed by atoms with Crippen molar-refractivity contribution in [1.82, 2.24) is 5.32 Å². The van der Waals surface area contributed by atoms with E-state index in [2.05, 4.69) is 12.2 Å². The highest BCUT2D eigenvalue weighted by atomic mass is 16.5. The van der Waals surface area contributed by atoms with Gasteiger partial charge in [0.1, 0.15) is 0 Å². The van der Waals surface area contributed by atoms with Crippen molar-refractivity contribution in [2.24, 2.45) is 0 Å². The summed E-state index contributed by atoms with van der Waals surface area (Å²) in [5.41, 5.74) is 0. The maximum absolute atomic E-state index is 10.3. The second-order valence-corrected chi connectivity index (χ2v) is 7.46. The van der Waals surface area contributed by atoms with Crippen LogP contribution in [0.1, 0.15) is 110 Å². The molecule has 1 fully saturated rings. The van der Waals surface area contributed by atoms with Crippen molar-refractivity contribution < 1.29 is 14.6 Å². The fourth-order valence-corrected chi connectivity index (χ4v) is 3.16. The van der Waals surface area contributed by atoms with Crippen LogP contribution in [-0.2, 0) is 9.53 Å². The van der Waals surface area contributed by atoms with Crippen molar-refractivity contribution >= 4 is 5.97 Å². The standard InChI is InChI=1S/C18H36O2.C4H9NO/c1-2-3-4-5-6-7-8-9-10-11-12-13-14-15-16-17-18(19)20;1-3-6-4-2-5-1/h2-17H2,1H3,(H,19,20);5H,1-4H2. The van der Waals surface area contributed by atoms with E-state index in [1.807, 2.05) is 0 Å². The van der Waals surface area contributed by atoms with Crippen LogP contribution in [0, 0.1) is 0 Å². The molecule has 0 saturated carbocycles. The average molecular weight is 372 g/mol. The molecule has 0 aromatic heterocycles. The molecule has 2 N–H and O–H groups in total. The number of nitrogens with one attached hydrogen (secondary N) is 1. The van der Waals surface area contributed by atoms with Crippen molar-refractivity contribution in [3.63, 3.8) is 0 Å². The Hall–Kier alpha value is -0.610. The second-order valence-electron chi connectivity index (χ2n) is 7.46. The zero-order valence-electron chi connectivity index (χ0n) is 17.4. The molecule has 0 aromatic carbocycles. The minimum absolute atomic E-state index is 0.345. The third kappa shape index (κ3) is 23.4. The number of morpholine rings is 1. The van der Waals surface area contributed by atoms with Gasteiger partial charge in [0.15, 0.2) is 0 Å². The largest absolute Gasteiger partial charge is 0.481 e. The molecular formula is C22H45NO3. The molecule has 1 heterocycles. The van der Waals surface area contributed by atoms with Crippen LogP contribution >= 0.6 is 0 Å². The topological polar surface area (TPSA) is 58.6 Å². The number of hydrogen-bond acceptors (Lipinski definition) is 3. The van der Waals surface area contributed by atoms with Gasteiger partial charge in [-0.15, -0.1) is 0 Å². The summed E-state index contributed by atoms with van der Waals surface area (Å²) in [5.74, 6) is -0.653. The van der Waals surface area contributed by atoms with Crippen molar-refractivity contribution in [2.45, 2.75) is 110 Å². The van der Waals surface area contributed by atoms with E-state index in [0.29, 0.717) is 6.42 Å². The van der Waals surface area contributed by atoms with Crippen LogP contribution in [-0.4, -0.2) is 37.4 Å². The molecule has 0 aliphatic carbocycles. The van der Waals surface area contributed by atoms with Crippen LogP contribution in [0.5, 0.6) is 0 Å². The fourth-order valence-electron chi connectivity index (χ4n) is 3.16. The van der Waals surface area contributed by atoms with Gasteiger partial charge in [0, 0.05) is 19.5 Å². The third-order valence-corrected chi connectivity index (χ3v) is 4.84. The second kappa shape index (κ2) is 22.4. The van der Waals surface area contributed by atoms with E-state index >= 15 is 0 Å². The lowest BCUT2D eigenvalue weighted by Crippen LogP contribution is -2.30. The zero-order chi connectivity index (χ0) is 19.1. The first kappa shape index (κ1) is 25.4. The molecule has 0 spiro atoms. The summed E-state index contributed by atoms with van der Waals surface area (Å²) in [4.78, 5) is 10.3. The number of carboxylic acid groups (broad SMARTS) is 1. The zero-order valence-corrected chi connectivity index (χ0v) is 17.4. The predicted molar refractivity (Wildman–Crippen MR) is 111 cm³/mol. The highest BCUT2D eigenvalue weighted by molar-refractivity contribution is 5.66. The lowest BCUT2D eigenvalue weighted by atomic mass is 10.0. The summed E-state index contributed by atoms with van der Waals surface area (Å²) in [5, 5.41) is 11.7. The summed E-state index contributed by atoms with van der Waals surface area (Å²) in [6.45, 7) is 6.10. The minimum Gasteiger partial charge on any atom is -0.481 e. The predicted octanol–water partition coefficient (Wildman–Crippen LogP) is 5.94. The number of carboxylic acids is 1. The van der Waals surface area contributed by atoms with Gasteiger partial charge in [0.2, 0.25) is 0 Å². The van der Waals surface area contributed by atoms with Crippen LogP contribution in [0.3, 0.4) is 0 Å². The Bertz CT molecular complexity index is 269. The number of rotatable bonds is 16. The number of unbranched alkanes of at least 4 members (excludes halogenated alkanes) is 14. The van der Waals surface area contributed by atoms with Gasteiger partial charge in [-0.1, -0.05) is 96.8 Å². The van der Waals surface area contributed by atoms with Crippen molar-refractivity contribution in [2.75, 3.05) is 26.3 Å². The molecule has 1 rings (SSSR count). The summed E-state index contributed by atoms with van der Waals surface area (Å²) in [6, 6.07) is 0. The summed E-state index contributed by atoms with van der Waals surface area (Å²) in [6.07, 6.45) is 20.2. The first-order valence-corrected chi connectivity index (χ1v) is 11.3. The van der Waals surface area contributed by atoms with Gasteiger partial charge >= 0.3 is 5.97 Å². The van der Waals surface area contributed by atoms with E-state index < -0.39 is 5.97 Å². The molecule has 1 aliphatic heterocycles. The van der Waals surface area contributed by atoms with Gasteiger partial charge in [-0.05, 0) is 6.42 Å². The van der Waals surface area contributed by atoms with Gasteiger partial charge in [0.05, 0.1) is 13.2 Å². The molecular weight excluding hydrogens is 326 g/mol. The fraction of sp³-hybridized carbons (Fsp3) is 0.955. The van der Waals surface area contributed by atoms with E-state index in [-0.39, 0.29) is 0 Å². The average Bonchev–Trinajstić information content (AvgIpc) is 2.66. The minimum atomic E-state index is -0.653. The Morgan fingerprint density at radius 3 is 1.38 bits per heavy atom. The Morgan fingerprint density at radius 2 is 1.12 bits per heavy atom. The Morgan fingerprint density at radius 1 is 0.731 bits per heavy atom. The molecule has 0 unspecified atom stereocenters. The van der Waals surface area contributed by atoms with Crippen LogP contribution in [0.4, 0.5) is 0 Å². The van der Waals surface area contributed by atoms with E-state index in [0.717, 1.165) is 39.1 Å². The molecule has 0 aromatic rings. The maximum Gasteiger partial charge on any atom is 0.303 e. The molecule has 0 atom stereocenters. The maximum atomic E-state index is 10.3. The lowest BCUT2D eigenvalue weighted by molar-refractivity contribution is -0.137. The SMILES string of the molecule is C1COCCN1.CCCCCCCCCCCCCCCCCC(=O)O. The van der Waals surface area contributed by atoms with Crippen LogP contribution in [0.15, 0.2) is 0 Å². The number of ether oxygens (including phenoxy) is 1. The first-order chi connectivity index (χ1) is 12.8. The molecule has 0 amide bonds. The van der Waals surface area contributed by atoms with Crippen molar-refractivity contribution in [3.05, 3.63) is 0 Å². The summed E-state index contributed by atoms with van der Waals surface area (Å²) in [7, 11) is 0. The molecule has 1 aliphatic rings. The smallest absolute Gasteiger partial charge is 0.303 e. The lowest BCUT2D eigenvalue weighted by Gasteiger charge is -2.10. The number of hydrogen-bond donors (Lipinski definition) is 2. The molecule has 4 heteroatoms.